The van der Waals surface area contributed by atoms with E-state index in [1.54, 1.807) is 23.2 Å². The highest BCUT2D eigenvalue weighted by Crippen LogP contribution is 2.45. The number of likely N-dealkylation sites (tertiary alicyclic amines) is 1. The van der Waals surface area contributed by atoms with Crippen LogP contribution in [0.2, 0.25) is 0 Å². The molecule has 0 saturated carbocycles. The van der Waals surface area contributed by atoms with E-state index >= 15 is 0 Å². The molecule has 0 amide bonds. The number of halogens is 1. The number of oxime groups is 1. The van der Waals surface area contributed by atoms with Crippen LogP contribution in [0.5, 0.6) is 0 Å². The highest BCUT2D eigenvalue weighted by atomic mass is 32.1. The van der Waals surface area contributed by atoms with Gasteiger partial charge in [0.2, 0.25) is 0 Å². The van der Waals surface area contributed by atoms with Crippen LogP contribution in [0.15, 0.2) is 35.7 Å². The van der Waals surface area contributed by atoms with Gasteiger partial charge in [-0.15, -0.1) is 11.3 Å². The van der Waals surface area contributed by atoms with Gasteiger partial charge in [0, 0.05) is 48.0 Å². The second kappa shape index (κ2) is 10.5. The van der Waals surface area contributed by atoms with E-state index in [0.717, 1.165) is 66.2 Å². The first-order chi connectivity index (χ1) is 16.6. The van der Waals surface area contributed by atoms with Crippen LogP contribution in [-0.4, -0.2) is 59.5 Å². The molecule has 180 valence electrons. The fourth-order valence-electron chi connectivity index (χ4n) is 4.64. The standard InChI is InChI=1S/C23H26FN5O2S.CH2O/c1-16-19(15-29(27-16)22-18(13-26-30-2)4-3-8-25-22)14-28-9-6-23(7-10-28)21-17(5-11-31-23)12-20(24)32-21;1-2/h3-4,8,12-13,15H,5-7,9-11,14H2,1-2H3;1H2/b26-13+;. The lowest BCUT2D eigenvalue weighted by atomic mass is 9.85. The zero-order valence-electron chi connectivity index (χ0n) is 19.4. The lowest BCUT2D eigenvalue weighted by Crippen LogP contribution is -2.45. The molecule has 0 aromatic carbocycles. The number of piperidine rings is 1. The van der Waals surface area contributed by atoms with Gasteiger partial charge in [-0.3, -0.25) is 4.90 Å². The molecule has 1 spiro atoms. The van der Waals surface area contributed by atoms with E-state index < -0.39 is 0 Å². The Morgan fingerprint density at radius 1 is 1.38 bits per heavy atom. The summed E-state index contributed by atoms with van der Waals surface area (Å²) >= 11 is 1.26. The van der Waals surface area contributed by atoms with E-state index in [1.165, 1.54) is 18.4 Å². The van der Waals surface area contributed by atoms with E-state index in [1.807, 2.05) is 32.0 Å². The summed E-state index contributed by atoms with van der Waals surface area (Å²) in [7, 11) is 1.51. The van der Waals surface area contributed by atoms with Crippen LogP contribution in [-0.2, 0) is 32.9 Å². The zero-order chi connectivity index (χ0) is 24.1. The second-order valence-electron chi connectivity index (χ2n) is 8.29. The summed E-state index contributed by atoms with van der Waals surface area (Å²) in [5, 5.41) is 8.45. The molecule has 0 radical (unpaired) electrons. The van der Waals surface area contributed by atoms with Crippen molar-refractivity contribution in [1.82, 2.24) is 19.7 Å². The normalized spacial score (nSPS) is 17.4. The van der Waals surface area contributed by atoms with Gasteiger partial charge in [0.25, 0.3) is 0 Å². The van der Waals surface area contributed by atoms with Gasteiger partial charge in [0.1, 0.15) is 19.5 Å². The highest BCUT2D eigenvalue weighted by Gasteiger charge is 2.42. The highest BCUT2D eigenvalue weighted by molar-refractivity contribution is 7.10. The third kappa shape index (κ3) is 4.79. The number of hydrogen-bond acceptors (Lipinski definition) is 8. The molecule has 1 fully saturated rings. The number of thiophene rings is 1. The lowest BCUT2D eigenvalue weighted by molar-refractivity contribution is -0.0980. The van der Waals surface area contributed by atoms with Gasteiger partial charge in [-0.05, 0) is 49.9 Å². The maximum Gasteiger partial charge on any atom is 0.177 e. The quantitative estimate of drug-likeness (QED) is 0.406. The summed E-state index contributed by atoms with van der Waals surface area (Å²) in [5.41, 5.74) is 3.78. The molecule has 3 aromatic rings. The predicted molar refractivity (Wildman–Crippen MR) is 128 cm³/mol. The molecule has 10 heteroatoms. The molecule has 2 aliphatic rings. The van der Waals surface area contributed by atoms with Gasteiger partial charge in [0.15, 0.2) is 10.9 Å². The number of pyridine rings is 1. The molecule has 5 rings (SSSR count). The third-order valence-electron chi connectivity index (χ3n) is 6.33. The lowest BCUT2D eigenvalue weighted by Gasteiger charge is -2.43. The van der Waals surface area contributed by atoms with Crippen LogP contribution in [0.3, 0.4) is 0 Å². The molecule has 34 heavy (non-hydrogen) atoms. The minimum atomic E-state index is -0.318. The molecule has 0 unspecified atom stereocenters. The molecule has 1 saturated heterocycles. The number of aryl methyl sites for hydroxylation is 1. The van der Waals surface area contributed by atoms with Gasteiger partial charge >= 0.3 is 0 Å². The van der Waals surface area contributed by atoms with Gasteiger partial charge < -0.3 is 14.4 Å². The Morgan fingerprint density at radius 2 is 2.18 bits per heavy atom. The maximum absolute atomic E-state index is 13.9. The molecule has 5 heterocycles. The van der Waals surface area contributed by atoms with Crippen molar-refractivity contribution in [2.24, 2.45) is 5.16 Å². The number of nitrogens with zero attached hydrogens (tertiary/aromatic N) is 5. The molecular formula is C24H28FN5O3S. The summed E-state index contributed by atoms with van der Waals surface area (Å²) in [4.78, 5) is 20.8. The van der Waals surface area contributed by atoms with Crippen molar-refractivity contribution in [3.05, 3.63) is 63.0 Å². The molecule has 0 aliphatic carbocycles. The van der Waals surface area contributed by atoms with Crippen LogP contribution >= 0.6 is 11.3 Å². The first kappa shape index (κ1) is 24.2. The summed E-state index contributed by atoms with van der Waals surface area (Å²) in [6.45, 7) is 7.31. The van der Waals surface area contributed by atoms with E-state index in [2.05, 4.69) is 15.0 Å². The fourth-order valence-corrected chi connectivity index (χ4v) is 5.78. The van der Waals surface area contributed by atoms with Gasteiger partial charge in [0.05, 0.1) is 18.5 Å². The Balaban J connectivity index is 0.00000133. The van der Waals surface area contributed by atoms with E-state index in [0.29, 0.717) is 12.4 Å². The van der Waals surface area contributed by atoms with Crippen molar-refractivity contribution in [3.63, 3.8) is 0 Å². The zero-order valence-corrected chi connectivity index (χ0v) is 20.2. The van der Waals surface area contributed by atoms with E-state index in [-0.39, 0.29) is 10.7 Å². The van der Waals surface area contributed by atoms with E-state index in [9.17, 15) is 4.39 Å². The molecular weight excluding hydrogens is 457 g/mol. The largest absolute Gasteiger partial charge is 0.399 e. The summed E-state index contributed by atoms with van der Waals surface area (Å²) < 4.78 is 21.9. The summed E-state index contributed by atoms with van der Waals surface area (Å²) in [6, 6.07) is 5.48. The smallest absolute Gasteiger partial charge is 0.177 e. The van der Waals surface area contributed by atoms with Crippen molar-refractivity contribution < 1.29 is 18.8 Å². The molecule has 0 N–H and O–H groups in total. The Morgan fingerprint density at radius 3 is 2.94 bits per heavy atom. The first-order valence-electron chi connectivity index (χ1n) is 11.1. The molecule has 3 aromatic heterocycles. The van der Waals surface area contributed by atoms with Crippen LogP contribution in [0.4, 0.5) is 4.39 Å². The Bertz CT molecular complexity index is 1150. The number of fused-ring (bicyclic) bond motifs is 2. The van der Waals surface area contributed by atoms with Crippen molar-refractivity contribution in [3.8, 4) is 5.82 Å². The van der Waals surface area contributed by atoms with E-state index in [4.69, 9.17) is 19.5 Å². The second-order valence-corrected chi connectivity index (χ2v) is 9.29. The number of aromatic nitrogens is 3. The van der Waals surface area contributed by atoms with Crippen molar-refractivity contribution in [1.29, 1.82) is 0 Å². The Labute approximate surface area is 202 Å². The fraction of sp³-hybridized carbons (Fsp3) is 0.417. The van der Waals surface area contributed by atoms with Crippen LogP contribution in [0, 0.1) is 12.1 Å². The third-order valence-corrected chi connectivity index (χ3v) is 7.48. The van der Waals surface area contributed by atoms with Crippen LogP contribution in [0.1, 0.15) is 40.1 Å². The first-order valence-corrected chi connectivity index (χ1v) is 11.9. The number of ether oxygens (including phenoxy) is 1. The SMILES string of the molecule is C=O.CO/N=C/c1cccnc1-n1cc(CN2CCC3(CC2)OCCc2cc(F)sc23)c(C)n1. The van der Waals surface area contributed by atoms with Crippen LogP contribution < -0.4 is 0 Å². The van der Waals surface area contributed by atoms with Crippen molar-refractivity contribution >= 4 is 24.3 Å². The number of hydrogen-bond donors (Lipinski definition) is 0. The molecule has 0 atom stereocenters. The Kier molecular flexibility index (Phi) is 7.50. The van der Waals surface area contributed by atoms with Crippen LogP contribution in [0.25, 0.3) is 5.82 Å². The average molecular weight is 486 g/mol. The number of carbonyl (C=O) groups is 1. The molecule has 2 aliphatic heterocycles. The molecule has 8 nitrogen and oxygen atoms in total. The van der Waals surface area contributed by atoms with Gasteiger partial charge in [-0.25, -0.2) is 9.67 Å². The summed E-state index contributed by atoms with van der Waals surface area (Å²) in [6.07, 6.45) is 7.98. The van der Waals surface area contributed by atoms with Crippen molar-refractivity contribution in [2.75, 3.05) is 26.8 Å². The monoisotopic (exact) mass is 485 g/mol. The average Bonchev–Trinajstić information content (AvgIpc) is 3.43. The number of rotatable bonds is 5. The topological polar surface area (TPSA) is 81.8 Å². The summed E-state index contributed by atoms with van der Waals surface area (Å²) in [5.74, 6) is 0.711. The Hall–Kier alpha value is -2.95. The predicted octanol–water partition coefficient (Wildman–Crippen LogP) is 3.64. The minimum absolute atomic E-state index is 0.102. The van der Waals surface area contributed by atoms with Gasteiger partial charge in [-0.2, -0.15) is 9.49 Å². The maximum atomic E-state index is 13.9. The number of carbonyl (C=O) groups excluding carboxylic acids is 1. The molecule has 0 bridgehead atoms. The minimum Gasteiger partial charge on any atom is -0.399 e. The van der Waals surface area contributed by atoms with Crippen molar-refractivity contribution in [2.45, 2.75) is 38.3 Å². The van der Waals surface area contributed by atoms with Gasteiger partial charge in [-0.1, -0.05) is 5.16 Å².